The second kappa shape index (κ2) is 6.62. The van der Waals surface area contributed by atoms with Crippen molar-refractivity contribution in [2.75, 3.05) is 7.11 Å². The minimum absolute atomic E-state index is 0.325. The van der Waals surface area contributed by atoms with E-state index < -0.39 is 0 Å². The van der Waals surface area contributed by atoms with E-state index in [4.69, 9.17) is 21.3 Å². The summed E-state index contributed by atoms with van der Waals surface area (Å²) in [4.78, 5) is 9.45. The number of hydrogen-bond donors (Lipinski definition) is 0. The van der Waals surface area contributed by atoms with Crippen LogP contribution >= 0.6 is 11.6 Å². The molecule has 3 rings (SSSR count). The van der Waals surface area contributed by atoms with Gasteiger partial charge in [-0.3, -0.25) is 0 Å². The topological polar surface area (TPSA) is 35.0 Å². The number of rotatable bonds is 3. The Hall–Kier alpha value is -0.670. The molecule has 0 radical (unpaired) electrons. The third-order valence-electron chi connectivity index (χ3n) is 5.20. The molecule has 2 aliphatic carbocycles. The molecule has 3 nitrogen and oxygen atoms in total. The molecule has 2 saturated carbocycles. The summed E-state index contributed by atoms with van der Waals surface area (Å²) >= 11 is 6.30. The van der Waals surface area contributed by atoms with Crippen LogP contribution in [-0.4, -0.2) is 17.1 Å². The SMILES string of the molecule is COC1(c2nc(Cl)cc(C3CCCC3)n2)CCCCCC1. The fraction of sp³-hybridized carbons (Fsp3) is 0.765. The van der Waals surface area contributed by atoms with Crippen molar-refractivity contribution in [3.8, 4) is 0 Å². The van der Waals surface area contributed by atoms with Crippen molar-refractivity contribution in [1.29, 1.82) is 0 Å². The lowest BCUT2D eigenvalue weighted by Crippen LogP contribution is -2.31. The van der Waals surface area contributed by atoms with Crippen LogP contribution in [0.2, 0.25) is 5.15 Å². The van der Waals surface area contributed by atoms with Crippen LogP contribution in [0.5, 0.6) is 0 Å². The molecule has 1 heterocycles. The van der Waals surface area contributed by atoms with Gasteiger partial charge in [0.2, 0.25) is 0 Å². The van der Waals surface area contributed by atoms with Gasteiger partial charge in [0.15, 0.2) is 5.82 Å². The van der Waals surface area contributed by atoms with Gasteiger partial charge in [-0.15, -0.1) is 0 Å². The van der Waals surface area contributed by atoms with Crippen molar-refractivity contribution >= 4 is 11.6 Å². The number of hydrogen-bond acceptors (Lipinski definition) is 3. The molecule has 0 atom stereocenters. The molecule has 0 N–H and O–H groups in total. The number of aromatic nitrogens is 2. The van der Waals surface area contributed by atoms with Crippen LogP contribution < -0.4 is 0 Å². The summed E-state index contributed by atoms with van der Waals surface area (Å²) in [6, 6.07) is 1.96. The largest absolute Gasteiger partial charge is 0.370 e. The maximum atomic E-state index is 6.30. The van der Waals surface area contributed by atoms with E-state index in [2.05, 4.69) is 4.98 Å². The summed E-state index contributed by atoms with van der Waals surface area (Å²) in [5, 5.41) is 0.572. The molecular formula is C17H25ClN2O. The van der Waals surface area contributed by atoms with Gasteiger partial charge in [0.05, 0.1) is 0 Å². The normalized spacial score (nSPS) is 23.1. The lowest BCUT2D eigenvalue weighted by atomic mass is 9.92. The molecule has 0 saturated heterocycles. The Bertz CT molecular complexity index is 478. The molecule has 0 unspecified atom stereocenters. The average Bonchev–Trinajstić information content (AvgIpc) is 2.92. The smallest absolute Gasteiger partial charge is 0.162 e. The standard InChI is InChI=1S/C17H25ClN2O/c1-21-17(10-6-2-3-7-11-17)16-19-14(12-15(18)20-16)13-8-4-5-9-13/h12-13H,2-11H2,1H3. The highest BCUT2D eigenvalue weighted by atomic mass is 35.5. The van der Waals surface area contributed by atoms with Gasteiger partial charge in [-0.25, -0.2) is 9.97 Å². The van der Waals surface area contributed by atoms with Crippen LogP contribution in [0.25, 0.3) is 0 Å². The molecule has 21 heavy (non-hydrogen) atoms. The molecule has 0 spiro atoms. The minimum atomic E-state index is -0.325. The molecule has 2 aliphatic rings. The van der Waals surface area contributed by atoms with Gasteiger partial charge in [0, 0.05) is 18.7 Å². The van der Waals surface area contributed by atoms with Crippen molar-refractivity contribution in [3.05, 3.63) is 22.7 Å². The van der Waals surface area contributed by atoms with Crippen molar-refractivity contribution in [1.82, 2.24) is 9.97 Å². The summed E-state index contributed by atoms with van der Waals surface area (Å²) in [5.41, 5.74) is 0.803. The van der Waals surface area contributed by atoms with Crippen LogP contribution in [0.4, 0.5) is 0 Å². The van der Waals surface area contributed by atoms with Crippen LogP contribution in [0, 0.1) is 0 Å². The van der Waals surface area contributed by atoms with Crippen molar-refractivity contribution in [2.24, 2.45) is 0 Å². The predicted octanol–water partition coefficient (Wildman–Crippen LogP) is 4.98. The Morgan fingerprint density at radius 2 is 1.71 bits per heavy atom. The number of methoxy groups -OCH3 is 1. The summed E-state index contributed by atoms with van der Waals surface area (Å²) in [5.74, 6) is 1.38. The first-order valence-electron chi connectivity index (χ1n) is 8.34. The molecular weight excluding hydrogens is 284 g/mol. The zero-order valence-corrected chi connectivity index (χ0v) is 13.7. The number of ether oxygens (including phenoxy) is 1. The van der Waals surface area contributed by atoms with Gasteiger partial charge in [0.25, 0.3) is 0 Å². The lowest BCUT2D eigenvalue weighted by molar-refractivity contribution is -0.0353. The van der Waals surface area contributed by atoms with E-state index in [-0.39, 0.29) is 5.60 Å². The third-order valence-corrected chi connectivity index (χ3v) is 5.39. The van der Waals surface area contributed by atoms with Gasteiger partial charge in [-0.1, -0.05) is 50.1 Å². The van der Waals surface area contributed by atoms with Gasteiger partial charge in [-0.05, 0) is 31.7 Å². The van der Waals surface area contributed by atoms with E-state index in [1.807, 2.05) is 6.07 Å². The maximum absolute atomic E-state index is 6.30. The molecule has 0 amide bonds. The van der Waals surface area contributed by atoms with E-state index in [1.54, 1.807) is 7.11 Å². The van der Waals surface area contributed by atoms with Crippen LogP contribution in [0.15, 0.2) is 6.07 Å². The van der Waals surface area contributed by atoms with Gasteiger partial charge < -0.3 is 4.74 Å². The van der Waals surface area contributed by atoms with Gasteiger partial charge >= 0.3 is 0 Å². The number of halogens is 1. The first-order chi connectivity index (χ1) is 10.2. The zero-order valence-electron chi connectivity index (χ0n) is 12.9. The molecule has 1 aromatic heterocycles. The fourth-order valence-electron chi connectivity index (χ4n) is 3.89. The summed E-state index contributed by atoms with van der Waals surface area (Å²) in [6.07, 6.45) is 12.0. The molecule has 0 aliphatic heterocycles. The zero-order chi connectivity index (χ0) is 14.7. The van der Waals surface area contributed by atoms with E-state index in [1.165, 1.54) is 51.4 Å². The van der Waals surface area contributed by atoms with Crippen LogP contribution in [-0.2, 0) is 10.3 Å². The highest BCUT2D eigenvalue weighted by Crippen LogP contribution is 2.39. The first kappa shape index (κ1) is 15.2. The van der Waals surface area contributed by atoms with E-state index in [0.717, 1.165) is 24.4 Å². The number of nitrogens with zero attached hydrogens (tertiary/aromatic N) is 2. The Morgan fingerprint density at radius 3 is 2.33 bits per heavy atom. The summed E-state index contributed by atoms with van der Waals surface area (Å²) in [7, 11) is 1.80. The maximum Gasteiger partial charge on any atom is 0.162 e. The molecule has 1 aromatic rings. The van der Waals surface area contributed by atoms with Gasteiger partial charge in [-0.2, -0.15) is 0 Å². The molecule has 4 heteroatoms. The Kier molecular flexibility index (Phi) is 4.80. The van der Waals surface area contributed by atoms with Crippen molar-refractivity contribution < 1.29 is 4.74 Å². The molecule has 0 bridgehead atoms. The Morgan fingerprint density at radius 1 is 1.05 bits per heavy atom. The second-order valence-electron chi connectivity index (χ2n) is 6.53. The highest BCUT2D eigenvalue weighted by Gasteiger charge is 2.36. The summed E-state index contributed by atoms with van der Waals surface area (Å²) in [6.45, 7) is 0. The Labute approximate surface area is 132 Å². The van der Waals surface area contributed by atoms with E-state index in [0.29, 0.717) is 11.1 Å². The minimum Gasteiger partial charge on any atom is -0.370 e. The molecule has 0 aromatic carbocycles. The van der Waals surface area contributed by atoms with Crippen molar-refractivity contribution in [2.45, 2.75) is 75.7 Å². The molecule has 116 valence electrons. The van der Waals surface area contributed by atoms with E-state index >= 15 is 0 Å². The lowest BCUT2D eigenvalue weighted by Gasteiger charge is -2.30. The third kappa shape index (κ3) is 3.24. The monoisotopic (exact) mass is 308 g/mol. The predicted molar refractivity (Wildman–Crippen MR) is 84.6 cm³/mol. The first-order valence-corrected chi connectivity index (χ1v) is 8.71. The Balaban J connectivity index is 1.95. The quantitative estimate of drug-likeness (QED) is 0.583. The van der Waals surface area contributed by atoms with Gasteiger partial charge in [0.1, 0.15) is 10.8 Å². The van der Waals surface area contributed by atoms with Crippen LogP contribution in [0.1, 0.15) is 81.6 Å². The highest BCUT2D eigenvalue weighted by molar-refractivity contribution is 6.29. The van der Waals surface area contributed by atoms with E-state index in [9.17, 15) is 0 Å². The second-order valence-corrected chi connectivity index (χ2v) is 6.92. The fourth-order valence-corrected chi connectivity index (χ4v) is 4.08. The molecule has 2 fully saturated rings. The average molecular weight is 309 g/mol. The van der Waals surface area contributed by atoms with Crippen molar-refractivity contribution in [3.63, 3.8) is 0 Å². The summed E-state index contributed by atoms with van der Waals surface area (Å²) < 4.78 is 5.93. The van der Waals surface area contributed by atoms with Crippen LogP contribution in [0.3, 0.4) is 0 Å².